The Morgan fingerprint density at radius 1 is 0.333 bits per heavy atom. The average molecular weight is 738 g/mol. The lowest BCUT2D eigenvalue weighted by Gasteiger charge is -2.30. The van der Waals surface area contributed by atoms with Gasteiger partial charge in [0.05, 0.1) is 22.0 Å². The Balaban J connectivity index is 1.10. The quantitative estimate of drug-likeness (QED) is 0.158. The fraction of sp³-hybridized carbons (Fsp3) is 0.0182. The number of thiophene rings is 1. The van der Waals surface area contributed by atoms with Crippen LogP contribution in [-0.2, 0) is 5.41 Å². The van der Waals surface area contributed by atoms with E-state index in [0.29, 0.717) is 0 Å². The maximum atomic E-state index is 2.57. The van der Waals surface area contributed by atoms with Crippen molar-refractivity contribution in [1.29, 1.82) is 0 Å². The molecule has 0 N–H and O–H groups in total. The molecule has 57 heavy (non-hydrogen) atoms. The van der Waals surface area contributed by atoms with E-state index in [1.807, 2.05) is 11.3 Å². The van der Waals surface area contributed by atoms with Gasteiger partial charge in [-0.1, -0.05) is 152 Å². The van der Waals surface area contributed by atoms with Crippen molar-refractivity contribution in [3.63, 3.8) is 0 Å². The lowest BCUT2D eigenvalue weighted by atomic mass is 9.70. The van der Waals surface area contributed by atoms with Crippen molar-refractivity contribution in [3.05, 3.63) is 210 Å². The number of aromatic nitrogens is 1. The number of hydrogen-bond acceptors (Lipinski definition) is 1. The van der Waals surface area contributed by atoms with Gasteiger partial charge in [0, 0.05) is 36.3 Å². The highest BCUT2D eigenvalue weighted by molar-refractivity contribution is 7.26. The summed E-state index contributed by atoms with van der Waals surface area (Å²) < 4.78 is 5.22. The number of hydrogen-bond donors (Lipinski definition) is 0. The Morgan fingerprint density at radius 3 is 1.61 bits per heavy atom. The predicted molar refractivity (Wildman–Crippen MR) is 242 cm³/mol. The number of benzene rings is 9. The van der Waals surface area contributed by atoms with Crippen LogP contribution in [0.25, 0.3) is 102 Å². The van der Waals surface area contributed by atoms with Gasteiger partial charge in [-0.2, -0.15) is 0 Å². The molecule has 12 aromatic rings. The summed E-state index contributed by atoms with van der Waals surface area (Å²) in [6.45, 7) is 0. The largest absolute Gasteiger partial charge is 0.308 e. The summed E-state index contributed by atoms with van der Waals surface area (Å²) >= 11 is 1.91. The van der Waals surface area contributed by atoms with E-state index in [0.717, 1.165) is 0 Å². The molecule has 1 spiro atoms. The summed E-state index contributed by atoms with van der Waals surface area (Å²) in [4.78, 5) is 0. The third kappa shape index (κ3) is 3.62. The van der Waals surface area contributed by atoms with Crippen LogP contribution in [0.15, 0.2) is 188 Å². The average Bonchev–Trinajstić information content (AvgIpc) is 4.00. The highest BCUT2D eigenvalue weighted by atomic mass is 32.1. The molecule has 14 rings (SSSR count). The minimum Gasteiger partial charge on any atom is -0.308 e. The van der Waals surface area contributed by atoms with Crippen LogP contribution in [0.1, 0.15) is 22.3 Å². The van der Waals surface area contributed by atoms with Crippen LogP contribution >= 0.6 is 11.3 Å². The summed E-state index contributed by atoms with van der Waals surface area (Å²) in [5, 5.41) is 10.4. The first-order valence-corrected chi connectivity index (χ1v) is 20.7. The first-order valence-electron chi connectivity index (χ1n) is 19.8. The second-order valence-electron chi connectivity index (χ2n) is 15.9. The Bertz CT molecular complexity index is 3690. The van der Waals surface area contributed by atoms with E-state index in [1.54, 1.807) is 0 Å². The van der Waals surface area contributed by atoms with Crippen LogP contribution in [0.3, 0.4) is 0 Å². The molecule has 0 fully saturated rings. The SMILES string of the molecule is c1ccc2c(c1)-c1ccccc1C21c2ccccc2-c2ccc(-c3ccc4c(c3)c3ccc5sc6cccc7c8ccccc8c8ccccc8n4c3c5c67)cc21. The molecule has 0 unspecified atom stereocenters. The monoisotopic (exact) mass is 737 g/mol. The molecule has 3 aromatic heterocycles. The van der Waals surface area contributed by atoms with E-state index >= 15 is 0 Å². The highest BCUT2D eigenvalue weighted by Crippen LogP contribution is 2.63. The maximum absolute atomic E-state index is 2.57. The molecule has 0 saturated carbocycles. The van der Waals surface area contributed by atoms with Crippen molar-refractivity contribution >= 4 is 80.4 Å². The molecule has 262 valence electrons. The lowest BCUT2D eigenvalue weighted by Crippen LogP contribution is -2.25. The van der Waals surface area contributed by atoms with Gasteiger partial charge in [0.15, 0.2) is 0 Å². The molecule has 2 aliphatic rings. The molecule has 0 aliphatic heterocycles. The highest BCUT2D eigenvalue weighted by Gasteiger charge is 2.51. The Labute approximate surface area is 332 Å². The molecule has 2 heteroatoms. The molecule has 0 bridgehead atoms. The van der Waals surface area contributed by atoms with Crippen LogP contribution in [-0.4, -0.2) is 4.40 Å². The molecule has 0 atom stereocenters. The zero-order valence-corrected chi connectivity index (χ0v) is 31.6. The van der Waals surface area contributed by atoms with Crippen molar-refractivity contribution in [2.24, 2.45) is 0 Å². The van der Waals surface area contributed by atoms with E-state index in [-0.39, 0.29) is 5.41 Å². The first kappa shape index (κ1) is 30.2. The van der Waals surface area contributed by atoms with Gasteiger partial charge in [-0.05, 0) is 108 Å². The van der Waals surface area contributed by atoms with Gasteiger partial charge in [0.25, 0.3) is 0 Å². The van der Waals surface area contributed by atoms with Gasteiger partial charge in [-0.15, -0.1) is 11.3 Å². The molecule has 0 saturated heterocycles. The lowest BCUT2D eigenvalue weighted by molar-refractivity contribution is 0.794. The minimum atomic E-state index is -0.369. The van der Waals surface area contributed by atoms with Crippen LogP contribution in [0, 0.1) is 0 Å². The standard InChI is InChI=1S/C55H31NS/c1-2-13-35-34(12-1)40-17-6-10-22-48(40)56-49-28-25-32(30-43(49)42-27-29-51-53(54(42)56)52-41(35)18-11-23-50(52)57-51)33-24-26-39-38-16-5-9-21-46(38)55(47(39)31-33)44-19-7-3-14-36(44)37-15-4-8-20-45(37)55/h1-31H. The normalized spacial score (nSPS) is 13.8. The molecule has 1 nitrogen and oxygen atoms in total. The molecular formula is C55H31NS. The van der Waals surface area contributed by atoms with Gasteiger partial charge in [-0.3, -0.25) is 0 Å². The molecule has 3 heterocycles. The van der Waals surface area contributed by atoms with E-state index in [4.69, 9.17) is 0 Å². The van der Waals surface area contributed by atoms with Gasteiger partial charge in [-0.25, -0.2) is 0 Å². The van der Waals surface area contributed by atoms with Crippen LogP contribution in [0.5, 0.6) is 0 Å². The van der Waals surface area contributed by atoms with E-state index in [2.05, 4.69) is 192 Å². The second-order valence-corrected chi connectivity index (χ2v) is 17.0. The smallest absolute Gasteiger partial charge is 0.0725 e. The summed E-state index contributed by atoms with van der Waals surface area (Å²) in [6.07, 6.45) is 0. The zero-order valence-electron chi connectivity index (χ0n) is 30.8. The van der Waals surface area contributed by atoms with E-state index < -0.39 is 0 Å². The van der Waals surface area contributed by atoms with Crippen molar-refractivity contribution < 1.29 is 0 Å². The summed E-state index contributed by atoms with van der Waals surface area (Å²) in [5.41, 5.74) is 16.7. The molecule has 0 amide bonds. The van der Waals surface area contributed by atoms with Crippen molar-refractivity contribution in [3.8, 4) is 33.4 Å². The third-order valence-corrected chi connectivity index (χ3v) is 14.5. The number of nitrogens with zero attached hydrogens (tertiary/aromatic N) is 1. The topological polar surface area (TPSA) is 4.41 Å². The van der Waals surface area contributed by atoms with E-state index in [1.165, 1.54) is 125 Å². The maximum Gasteiger partial charge on any atom is 0.0725 e. The van der Waals surface area contributed by atoms with Crippen molar-refractivity contribution in [2.75, 3.05) is 0 Å². The summed E-state index contributed by atoms with van der Waals surface area (Å²) in [5.74, 6) is 0. The fourth-order valence-electron chi connectivity index (χ4n) is 11.2. The minimum absolute atomic E-state index is 0.369. The molecule has 2 aliphatic carbocycles. The number of para-hydroxylation sites is 1. The third-order valence-electron chi connectivity index (χ3n) is 13.4. The summed E-state index contributed by atoms with van der Waals surface area (Å²) in [6, 6.07) is 71.2. The van der Waals surface area contributed by atoms with Crippen molar-refractivity contribution in [2.45, 2.75) is 5.41 Å². The molecule has 0 radical (unpaired) electrons. The Morgan fingerprint density at radius 2 is 0.877 bits per heavy atom. The Kier molecular flexibility index (Phi) is 5.65. The number of fused-ring (bicyclic) bond motifs is 18. The van der Waals surface area contributed by atoms with Gasteiger partial charge < -0.3 is 4.40 Å². The van der Waals surface area contributed by atoms with Gasteiger partial charge in [0.1, 0.15) is 0 Å². The summed E-state index contributed by atoms with van der Waals surface area (Å²) in [7, 11) is 0. The molecular weight excluding hydrogens is 707 g/mol. The van der Waals surface area contributed by atoms with Crippen molar-refractivity contribution in [1.82, 2.24) is 4.40 Å². The fourth-order valence-corrected chi connectivity index (χ4v) is 12.3. The predicted octanol–water partition coefficient (Wildman–Crippen LogP) is 14.9. The van der Waals surface area contributed by atoms with Gasteiger partial charge in [0.2, 0.25) is 0 Å². The molecule has 9 aromatic carbocycles. The van der Waals surface area contributed by atoms with E-state index in [9.17, 15) is 0 Å². The Hall–Kier alpha value is -7.00. The number of rotatable bonds is 1. The zero-order chi connectivity index (χ0) is 37.0. The second kappa shape index (κ2) is 10.6. The first-order chi connectivity index (χ1) is 28.3. The van der Waals surface area contributed by atoms with Gasteiger partial charge >= 0.3 is 0 Å². The van der Waals surface area contributed by atoms with Crippen LogP contribution < -0.4 is 0 Å². The van der Waals surface area contributed by atoms with Crippen LogP contribution in [0.2, 0.25) is 0 Å². The van der Waals surface area contributed by atoms with Crippen LogP contribution in [0.4, 0.5) is 0 Å².